The molecule has 3 aromatic carbocycles. The zero-order chi connectivity index (χ0) is 24.0. The van der Waals surface area contributed by atoms with Gasteiger partial charge in [0.15, 0.2) is 0 Å². The molecule has 1 aliphatic heterocycles. The summed E-state index contributed by atoms with van der Waals surface area (Å²) in [5.74, 6) is -0.295. The van der Waals surface area contributed by atoms with Crippen molar-refractivity contribution in [2.24, 2.45) is 0 Å². The van der Waals surface area contributed by atoms with Crippen LogP contribution in [0.2, 0.25) is 5.04 Å². The molecule has 178 valence electrons. The molecule has 0 aromatic heterocycles. The topological polar surface area (TPSA) is 44.8 Å². The molecule has 0 amide bonds. The molecule has 3 aromatic rings. The molecule has 0 N–H and O–H groups in total. The normalized spacial score (nSPS) is 18.9. The molecule has 0 bridgehead atoms. The minimum absolute atomic E-state index is 0.0201. The lowest BCUT2D eigenvalue weighted by Crippen LogP contribution is -2.67. The van der Waals surface area contributed by atoms with Crippen molar-refractivity contribution in [3.8, 4) is 0 Å². The molecule has 0 radical (unpaired) electrons. The largest absolute Gasteiger partial charge is 0.456 e. The molecule has 1 aliphatic rings. The first kappa shape index (κ1) is 24.4. The molecule has 0 aliphatic carbocycles. The Balaban J connectivity index is 1.45. The molecule has 4 rings (SSSR count). The van der Waals surface area contributed by atoms with Crippen LogP contribution in [0.3, 0.4) is 0 Å². The molecular weight excluding hydrogens is 440 g/mol. The third-order valence-electron chi connectivity index (χ3n) is 6.51. The Morgan fingerprint density at radius 2 is 1.38 bits per heavy atom. The molecule has 1 saturated heterocycles. The summed E-state index contributed by atoms with van der Waals surface area (Å²) in [5, 5.41) is 2.45. The Bertz CT molecular complexity index is 1000. The Kier molecular flexibility index (Phi) is 7.66. The third kappa shape index (κ3) is 5.33. The number of carbonyl (C=O) groups excluding carboxylic acids is 1. The van der Waals surface area contributed by atoms with Gasteiger partial charge in [0.2, 0.25) is 0 Å². The van der Waals surface area contributed by atoms with Crippen LogP contribution in [-0.2, 0) is 13.9 Å². The van der Waals surface area contributed by atoms with Crippen molar-refractivity contribution in [2.45, 2.75) is 50.9 Å². The summed E-state index contributed by atoms with van der Waals surface area (Å²) in [5.41, 5.74) is 0.569. The molecule has 4 nitrogen and oxygen atoms in total. The van der Waals surface area contributed by atoms with E-state index in [2.05, 4.69) is 81.4 Å². The first-order valence-corrected chi connectivity index (χ1v) is 13.9. The van der Waals surface area contributed by atoms with Crippen LogP contribution >= 0.6 is 0 Å². The molecular formula is C29H34O4Si. The quantitative estimate of drug-likeness (QED) is 0.358. The van der Waals surface area contributed by atoms with Crippen LogP contribution in [0.4, 0.5) is 0 Å². The van der Waals surface area contributed by atoms with Crippen LogP contribution in [-0.4, -0.2) is 39.7 Å². The predicted molar refractivity (Wildman–Crippen MR) is 138 cm³/mol. The van der Waals surface area contributed by atoms with E-state index in [0.717, 1.165) is 12.8 Å². The summed E-state index contributed by atoms with van der Waals surface area (Å²) in [6, 6.07) is 30.4. The van der Waals surface area contributed by atoms with E-state index in [0.29, 0.717) is 18.8 Å². The Morgan fingerprint density at radius 1 is 0.853 bits per heavy atom. The number of esters is 1. The Morgan fingerprint density at radius 3 is 1.85 bits per heavy atom. The van der Waals surface area contributed by atoms with Crippen LogP contribution in [0.5, 0.6) is 0 Å². The standard InChI is InChI=1S/C29H34O4Si/c1-29(2,3)34(26-15-9-5-10-16-26,27-17-11-6-12-18-27)32-22-24-19-20-25(21-31-24)33-28(30)23-13-7-4-8-14-23/h4-18,24-25H,19-22H2,1-3H3/t24-,25-/m0/s1. The second kappa shape index (κ2) is 10.7. The first-order chi connectivity index (χ1) is 16.4. The number of benzene rings is 3. The summed E-state index contributed by atoms with van der Waals surface area (Å²) in [6.07, 6.45) is 1.32. The fraction of sp³-hybridized carbons (Fsp3) is 0.345. The lowest BCUT2D eigenvalue weighted by atomic mass is 10.1. The van der Waals surface area contributed by atoms with Crippen molar-refractivity contribution in [3.63, 3.8) is 0 Å². The van der Waals surface area contributed by atoms with Crippen molar-refractivity contribution in [2.75, 3.05) is 13.2 Å². The van der Waals surface area contributed by atoms with E-state index in [1.54, 1.807) is 12.1 Å². The van der Waals surface area contributed by atoms with Crippen LogP contribution in [0.25, 0.3) is 0 Å². The number of carbonyl (C=O) groups is 1. The van der Waals surface area contributed by atoms with Gasteiger partial charge in [-0.3, -0.25) is 0 Å². The van der Waals surface area contributed by atoms with Crippen molar-refractivity contribution in [1.29, 1.82) is 0 Å². The molecule has 5 heteroatoms. The summed E-state index contributed by atoms with van der Waals surface area (Å²) >= 11 is 0. The molecule has 1 heterocycles. The smallest absolute Gasteiger partial charge is 0.338 e. The highest BCUT2D eigenvalue weighted by molar-refractivity contribution is 6.99. The van der Waals surface area contributed by atoms with Crippen LogP contribution in [0, 0.1) is 0 Å². The van der Waals surface area contributed by atoms with Crippen LogP contribution in [0.1, 0.15) is 44.0 Å². The minimum Gasteiger partial charge on any atom is -0.456 e. The Hall–Kier alpha value is -2.73. The second-order valence-electron chi connectivity index (χ2n) is 9.90. The van der Waals surface area contributed by atoms with Crippen molar-refractivity contribution in [1.82, 2.24) is 0 Å². The highest BCUT2D eigenvalue weighted by atomic mass is 28.4. The average Bonchev–Trinajstić information content (AvgIpc) is 2.86. The number of hydrogen-bond donors (Lipinski definition) is 0. The highest BCUT2D eigenvalue weighted by Gasteiger charge is 2.50. The molecule has 0 spiro atoms. The maximum absolute atomic E-state index is 12.4. The summed E-state index contributed by atoms with van der Waals surface area (Å²) in [7, 11) is -2.59. The highest BCUT2D eigenvalue weighted by Crippen LogP contribution is 2.37. The van der Waals surface area contributed by atoms with Gasteiger partial charge in [0.05, 0.1) is 24.9 Å². The van der Waals surface area contributed by atoms with Gasteiger partial charge in [0.25, 0.3) is 8.32 Å². The molecule has 1 fully saturated rings. The van der Waals surface area contributed by atoms with Crippen molar-refractivity contribution >= 4 is 24.7 Å². The summed E-state index contributed by atoms with van der Waals surface area (Å²) in [6.45, 7) is 7.75. The maximum atomic E-state index is 12.4. The van der Waals surface area contributed by atoms with Gasteiger partial charge in [-0.2, -0.15) is 0 Å². The zero-order valence-corrected chi connectivity index (χ0v) is 21.3. The molecule has 34 heavy (non-hydrogen) atoms. The monoisotopic (exact) mass is 474 g/mol. The minimum atomic E-state index is -2.59. The lowest BCUT2D eigenvalue weighted by molar-refractivity contribution is -0.0790. The SMILES string of the molecule is CC(C)(C)[Si](OC[C@@H]1CC[C@H](OC(=O)c2ccccc2)CO1)(c1ccccc1)c1ccccc1. The fourth-order valence-corrected chi connectivity index (χ4v) is 9.37. The van der Waals surface area contributed by atoms with Gasteiger partial charge in [-0.1, -0.05) is 99.6 Å². The summed E-state index contributed by atoms with van der Waals surface area (Å²) < 4.78 is 18.8. The first-order valence-electron chi connectivity index (χ1n) is 12.0. The van der Waals surface area contributed by atoms with E-state index in [1.165, 1.54) is 10.4 Å². The maximum Gasteiger partial charge on any atom is 0.338 e. The summed E-state index contributed by atoms with van der Waals surface area (Å²) in [4.78, 5) is 12.4. The molecule has 2 atom stereocenters. The molecule has 0 unspecified atom stereocenters. The van der Waals surface area contributed by atoms with Crippen molar-refractivity contribution < 1.29 is 18.7 Å². The van der Waals surface area contributed by atoms with Gasteiger partial charge in [-0.25, -0.2) is 4.79 Å². The van der Waals surface area contributed by atoms with Crippen LogP contribution in [0.15, 0.2) is 91.0 Å². The van der Waals surface area contributed by atoms with Gasteiger partial charge in [0.1, 0.15) is 6.10 Å². The number of ether oxygens (including phenoxy) is 2. The molecule has 0 saturated carbocycles. The van der Waals surface area contributed by atoms with Crippen molar-refractivity contribution in [3.05, 3.63) is 96.6 Å². The fourth-order valence-electron chi connectivity index (χ4n) is 4.78. The number of hydrogen-bond acceptors (Lipinski definition) is 4. The third-order valence-corrected chi connectivity index (χ3v) is 11.5. The average molecular weight is 475 g/mol. The van der Waals surface area contributed by atoms with Gasteiger partial charge in [-0.05, 0) is 40.4 Å². The van der Waals surface area contributed by atoms with E-state index >= 15 is 0 Å². The van der Waals surface area contributed by atoms with E-state index < -0.39 is 8.32 Å². The second-order valence-corrected chi connectivity index (χ2v) is 14.2. The Labute approximate surface area is 204 Å². The predicted octanol–water partition coefficient (Wildman–Crippen LogP) is 4.97. The van der Waals surface area contributed by atoms with Gasteiger partial charge in [0, 0.05) is 0 Å². The van der Waals surface area contributed by atoms with Gasteiger partial charge in [-0.15, -0.1) is 0 Å². The number of rotatable bonds is 7. The van der Waals surface area contributed by atoms with E-state index in [1.807, 2.05) is 18.2 Å². The van der Waals surface area contributed by atoms with Gasteiger partial charge < -0.3 is 13.9 Å². The van der Waals surface area contributed by atoms with E-state index in [4.69, 9.17) is 13.9 Å². The zero-order valence-electron chi connectivity index (χ0n) is 20.3. The van der Waals surface area contributed by atoms with Crippen LogP contribution < -0.4 is 10.4 Å². The van der Waals surface area contributed by atoms with E-state index in [-0.39, 0.29) is 23.2 Å². The van der Waals surface area contributed by atoms with E-state index in [9.17, 15) is 4.79 Å². The lowest BCUT2D eigenvalue weighted by Gasteiger charge is -2.44. The van der Waals surface area contributed by atoms with Gasteiger partial charge >= 0.3 is 5.97 Å².